The third kappa shape index (κ3) is 5.85. The lowest BCUT2D eigenvalue weighted by atomic mass is 10.1. The third-order valence-electron chi connectivity index (χ3n) is 3.56. The van der Waals surface area contributed by atoms with Crippen LogP contribution < -0.4 is 10.1 Å². The van der Waals surface area contributed by atoms with Gasteiger partial charge in [-0.15, -0.1) is 12.4 Å². The van der Waals surface area contributed by atoms with E-state index in [2.05, 4.69) is 21.2 Å². The predicted molar refractivity (Wildman–Crippen MR) is 90.2 cm³/mol. The van der Waals surface area contributed by atoms with Gasteiger partial charge in [0.05, 0.1) is 13.0 Å². The van der Waals surface area contributed by atoms with Gasteiger partial charge < -0.3 is 15.0 Å². The molecule has 0 radical (unpaired) electrons. The average molecular weight is 378 g/mol. The average Bonchev–Trinajstić information content (AvgIpc) is 2.47. The van der Waals surface area contributed by atoms with Gasteiger partial charge >= 0.3 is 0 Å². The van der Waals surface area contributed by atoms with Gasteiger partial charge in [0, 0.05) is 23.6 Å². The number of rotatable bonds is 5. The molecule has 0 bridgehead atoms. The number of hydrogen-bond acceptors (Lipinski definition) is 3. The molecule has 1 aromatic rings. The molecule has 0 aliphatic carbocycles. The second-order valence-electron chi connectivity index (χ2n) is 5.02. The highest BCUT2D eigenvalue weighted by Gasteiger charge is 2.22. The summed E-state index contributed by atoms with van der Waals surface area (Å²) in [5, 5.41) is 3.25. The smallest absolute Gasteiger partial charge is 0.226 e. The molecule has 1 aromatic carbocycles. The van der Waals surface area contributed by atoms with E-state index in [1.807, 2.05) is 36.2 Å². The summed E-state index contributed by atoms with van der Waals surface area (Å²) < 4.78 is 6.59. The minimum absolute atomic E-state index is 0. The van der Waals surface area contributed by atoms with Crippen LogP contribution in [-0.4, -0.2) is 43.6 Å². The number of ether oxygens (including phenoxy) is 1. The van der Waals surface area contributed by atoms with Crippen molar-refractivity contribution in [3.63, 3.8) is 0 Å². The molecule has 0 saturated carbocycles. The maximum absolute atomic E-state index is 12.1. The predicted octanol–water partition coefficient (Wildman–Crippen LogP) is 2.85. The van der Waals surface area contributed by atoms with Crippen LogP contribution in [0.2, 0.25) is 0 Å². The lowest BCUT2D eigenvalue weighted by molar-refractivity contribution is -0.133. The molecule has 1 atom stereocenters. The van der Waals surface area contributed by atoms with Crippen molar-refractivity contribution >= 4 is 34.2 Å². The standard InChI is InChI=1S/C15H21BrN2O2.ClH/c1-17-13-5-3-8-18(11-13)15(19)7-9-20-14-6-2-4-12(16)10-14;/h2,4,6,10,13,17H,3,5,7-9,11H2,1H3;1H. The number of nitrogens with one attached hydrogen (secondary N) is 1. The Morgan fingerprint density at radius 2 is 2.33 bits per heavy atom. The summed E-state index contributed by atoms with van der Waals surface area (Å²) in [6.07, 6.45) is 2.65. The Morgan fingerprint density at radius 3 is 3.05 bits per heavy atom. The quantitative estimate of drug-likeness (QED) is 0.858. The van der Waals surface area contributed by atoms with Crippen molar-refractivity contribution in [2.45, 2.75) is 25.3 Å². The number of hydrogen-bond donors (Lipinski definition) is 1. The first-order valence-corrected chi connectivity index (χ1v) is 7.82. The topological polar surface area (TPSA) is 41.6 Å². The van der Waals surface area contributed by atoms with Gasteiger partial charge in [0.15, 0.2) is 0 Å². The van der Waals surface area contributed by atoms with Gasteiger partial charge in [0.2, 0.25) is 5.91 Å². The van der Waals surface area contributed by atoms with Gasteiger partial charge in [-0.25, -0.2) is 0 Å². The summed E-state index contributed by atoms with van der Waals surface area (Å²) in [7, 11) is 1.95. The SMILES string of the molecule is CNC1CCCN(C(=O)CCOc2cccc(Br)c2)C1.Cl. The van der Waals surface area contributed by atoms with Crippen molar-refractivity contribution in [2.24, 2.45) is 0 Å². The van der Waals surface area contributed by atoms with E-state index in [4.69, 9.17) is 4.74 Å². The number of amides is 1. The van der Waals surface area contributed by atoms with E-state index in [0.717, 1.165) is 36.2 Å². The Morgan fingerprint density at radius 1 is 1.52 bits per heavy atom. The molecule has 1 aliphatic heterocycles. The summed E-state index contributed by atoms with van der Waals surface area (Å²) in [5.74, 6) is 0.971. The van der Waals surface area contributed by atoms with E-state index in [1.165, 1.54) is 0 Å². The van der Waals surface area contributed by atoms with E-state index in [0.29, 0.717) is 19.1 Å². The largest absolute Gasteiger partial charge is 0.493 e. The zero-order valence-corrected chi connectivity index (χ0v) is 14.6. The third-order valence-corrected chi connectivity index (χ3v) is 4.06. The molecule has 1 saturated heterocycles. The van der Waals surface area contributed by atoms with E-state index >= 15 is 0 Å². The zero-order chi connectivity index (χ0) is 14.4. The fourth-order valence-electron chi connectivity index (χ4n) is 2.41. The van der Waals surface area contributed by atoms with Crippen molar-refractivity contribution in [3.05, 3.63) is 28.7 Å². The first kappa shape index (κ1) is 18.3. The van der Waals surface area contributed by atoms with Crippen LogP contribution in [-0.2, 0) is 4.79 Å². The Labute approximate surface area is 140 Å². The molecule has 1 amide bonds. The number of likely N-dealkylation sites (tertiary alicyclic amines) is 1. The molecule has 1 unspecified atom stereocenters. The molecule has 2 rings (SSSR count). The summed E-state index contributed by atoms with van der Waals surface area (Å²) in [4.78, 5) is 14.1. The maximum atomic E-state index is 12.1. The molecule has 118 valence electrons. The molecule has 21 heavy (non-hydrogen) atoms. The van der Waals surface area contributed by atoms with Gasteiger partial charge in [0.1, 0.15) is 5.75 Å². The second-order valence-corrected chi connectivity index (χ2v) is 5.94. The molecule has 0 aromatic heterocycles. The normalized spacial score (nSPS) is 18.0. The van der Waals surface area contributed by atoms with E-state index in [9.17, 15) is 4.79 Å². The van der Waals surface area contributed by atoms with Crippen molar-refractivity contribution in [2.75, 3.05) is 26.7 Å². The molecular formula is C15H22BrClN2O2. The lowest BCUT2D eigenvalue weighted by Crippen LogP contribution is -2.47. The number of halogens is 2. The molecule has 1 heterocycles. The van der Waals surface area contributed by atoms with Crippen molar-refractivity contribution in [1.82, 2.24) is 10.2 Å². The van der Waals surface area contributed by atoms with Gasteiger partial charge in [-0.05, 0) is 38.1 Å². The first-order valence-electron chi connectivity index (χ1n) is 7.02. The minimum atomic E-state index is 0. The van der Waals surface area contributed by atoms with Gasteiger partial charge in [-0.2, -0.15) is 0 Å². The number of nitrogens with zero attached hydrogens (tertiary/aromatic N) is 1. The Kier molecular flexibility index (Phi) is 8.07. The van der Waals surface area contributed by atoms with Crippen LogP contribution >= 0.6 is 28.3 Å². The molecule has 6 heteroatoms. The van der Waals surface area contributed by atoms with Crippen LogP contribution in [0.1, 0.15) is 19.3 Å². The molecule has 4 nitrogen and oxygen atoms in total. The van der Waals surface area contributed by atoms with Crippen LogP contribution in [0, 0.1) is 0 Å². The van der Waals surface area contributed by atoms with Crippen LogP contribution in [0.3, 0.4) is 0 Å². The van der Waals surface area contributed by atoms with Crippen LogP contribution in [0.5, 0.6) is 5.75 Å². The maximum Gasteiger partial charge on any atom is 0.226 e. The van der Waals surface area contributed by atoms with Crippen LogP contribution in [0.25, 0.3) is 0 Å². The molecular weight excluding hydrogens is 356 g/mol. The van der Waals surface area contributed by atoms with Crippen LogP contribution in [0.4, 0.5) is 0 Å². The summed E-state index contributed by atoms with van der Waals surface area (Å²) >= 11 is 3.40. The van der Waals surface area contributed by atoms with E-state index < -0.39 is 0 Å². The number of benzene rings is 1. The fraction of sp³-hybridized carbons (Fsp3) is 0.533. The molecule has 1 N–H and O–H groups in total. The highest BCUT2D eigenvalue weighted by Crippen LogP contribution is 2.18. The van der Waals surface area contributed by atoms with Gasteiger partial charge in [-0.3, -0.25) is 4.79 Å². The monoisotopic (exact) mass is 376 g/mol. The van der Waals surface area contributed by atoms with E-state index in [-0.39, 0.29) is 18.3 Å². The molecule has 1 fully saturated rings. The highest BCUT2D eigenvalue weighted by molar-refractivity contribution is 9.10. The Balaban J connectivity index is 0.00000220. The number of carbonyl (C=O) groups excluding carboxylic acids is 1. The van der Waals surface area contributed by atoms with Gasteiger partial charge in [0.25, 0.3) is 0 Å². The van der Waals surface area contributed by atoms with Crippen LogP contribution in [0.15, 0.2) is 28.7 Å². The summed E-state index contributed by atoms with van der Waals surface area (Å²) in [6, 6.07) is 8.10. The highest BCUT2D eigenvalue weighted by atomic mass is 79.9. The Hall–Kier alpha value is -0.780. The van der Waals surface area contributed by atoms with Crippen molar-refractivity contribution in [3.8, 4) is 5.75 Å². The second kappa shape index (κ2) is 9.28. The Bertz CT molecular complexity index is 459. The first-order chi connectivity index (χ1) is 9.69. The number of carbonyl (C=O) groups is 1. The molecule has 0 spiro atoms. The van der Waals surface area contributed by atoms with Gasteiger partial charge in [-0.1, -0.05) is 22.0 Å². The van der Waals surface area contributed by atoms with Crippen molar-refractivity contribution in [1.29, 1.82) is 0 Å². The van der Waals surface area contributed by atoms with Crippen molar-refractivity contribution < 1.29 is 9.53 Å². The number of likely N-dealkylation sites (N-methyl/N-ethyl adjacent to an activating group) is 1. The zero-order valence-electron chi connectivity index (χ0n) is 12.2. The minimum Gasteiger partial charge on any atom is -0.493 e. The lowest BCUT2D eigenvalue weighted by Gasteiger charge is -2.32. The molecule has 1 aliphatic rings. The fourth-order valence-corrected chi connectivity index (χ4v) is 2.79. The van der Waals surface area contributed by atoms with E-state index in [1.54, 1.807) is 0 Å². The summed E-state index contributed by atoms with van der Waals surface area (Å²) in [6.45, 7) is 2.11. The summed E-state index contributed by atoms with van der Waals surface area (Å²) in [5.41, 5.74) is 0. The number of piperidine rings is 1.